The highest BCUT2D eigenvalue weighted by Gasteiger charge is 2.33. The number of aromatic hydroxyl groups is 2. The van der Waals surface area contributed by atoms with Crippen LogP contribution in [0.25, 0.3) is 10.8 Å². The van der Waals surface area contributed by atoms with Crippen molar-refractivity contribution in [3.63, 3.8) is 0 Å². The van der Waals surface area contributed by atoms with E-state index in [0.29, 0.717) is 5.92 Å². The molecule has 108 valence electrons. The SMILES string of the molecule is CCCC1=Nc2cc3ccc(O)c(O)c3c3c2C1CCC3. The molecule has 2 aliphatic rings. The van der Waals surface area contributed by atoms with Gasteiger partial charge < -0.3 is 10.2 Å². The first-order valence-electron chi connectivity index (χ1n) is 7.78. The molecule has 0 fully saturated rings. The highest BCUT2D eigenvalue weighted by Crippen LogP contribution is 2.50. The number of phenolic OH excluding ortho intramolecular Hbond substituents is 2. The molecular weight excluding hydrogens is 262 g/mol. The molecular formula is C18H19NO2. The smallest absolute Gasteiger partial charge is 0.165 e. The van der Waals surface area contributed by atoms with Crippen molar-refractivity contribution in [1.29, 1.82) is 0 Å². The van der Waals surface area contributed by atoms with E-state index in [9.17, 15) is 10.2 Å². The maximum absolute atomic E-state index is 10.3. The minimum absolute atomic E-state index is 0.0230. The van der Waals surface area contributed by atoms with E-state index in [1.807, 2.05) is 6.07 Å². The monoisotopic (exact) mass is 281 g/mol. The van der Waals surface area contributed by atoms with Gasteiger partial charge in [-0.05, 0) is 54.3 Å². The molecule has 1 aliphatic carbocycles. The Morgan fingerprint density at radius 3 is 2.95 bits per heavy atom. The van der Waals surface area contributed by atoms with Crippen molar-refractivity contribution < 1.29 is 10.2 Å². The summed E-state index contributed by atoms with van der Waals surface area (Å²) in [5, 5.41) is 21.9. The van der Waals surface area contributed by atoms with E-state index in [1.165, 1.54) is 16.8 Å². The van der Waals surface area contributed by atoms with Gasteiger partial charge >= 0.3 is 0 Å². The van der Waals surface area contributed by atoms with Gasteiger partial charge in [0.25, 0.3) is 0 Å². The molecule has 2 aromatic carbocycles. The lowest BCUT2D eigenvalue weighted by molar-refractivity contribution is 0.408. The van der Waals surface area contributed by atoms with Crippen molar-refractivity contribution in [3.8, 4) is 11.5 Å². The van der Waals surface area contributed by atoms with Gasteiger partial charge in [-0.3, -0.25) is 4.99 Å². The molecule has 0 spiro atoms. The number of phenols is 2. The summed E-state index contributed by atoms with van der Waals surface area (Å²) in [5.41, 5.74) is 4.88. The van der Waals surface area contributed by atoms with Crippen LogP contribution in [-0.4, -0.2) is 15.9 Å². The Morgan fingerprint density at radius 2 is 2.14 bits per heavy atom. The number of aryl methyl sites for hydroxylation is 1. The van der Waals surface area contributed by atoms with Crippen LogP contribution in [-0.2, 0) is 6.42 Å². The van der Waals surface area contributed by atoms with Gasteiger partial charge in [0.15, 0.2) is 11.5 Å². The Kier molecular flexibility index (Phi) is 2.71. The highest BCUT2D eigenvalue weighted by molar-refractivity contribution is 6.05. The zero-order chi connectivity index (χ0) is 14.6. The normalized spacial score (nSPS) is 19.7. The topological polar surface area (TPSA) is 52.8 Å². The van der Waals surface area contributed by atoms with Gasteiger partial charge in [-0.15, -0.1) is 0 Å². The van der Waals surface area contributed by atoms with E-state index in [2.05, 4.69) is 13.0 Å². The van der Waals surface area contributed by atoms with Gasteiger partial charge in [0.05, 0.1) is 5.69 Å². The van der Waals surface area contributed by atoms with E-state index in [1.54, 1.807) is 6.07 Å². The quantitative estimate of drug-likeness (QED) is 0.793. The molecule has 3 heteroatoms. The zero-order valence-corrected chi connectivity index (χ0v) is 12.2. The van der Waals surface area contributed by atoms with Crippen LogP contribution in [0, 0.1) is 0 Å². The molecule has 3 nitrogen and oxygen atoms in total. The molecule has 2 N–H and O–H groups in total. The first-order valence-corrected chi connectivity index (χ1v) is 7.78. The summed E-state index contributed by atoms with van der Waals surface area (Å²) in [4.78, 5) is 4.87. The van der Waals surface area contributed by atoms with Crippen LogP contribution in [0.2, 0.25) is 0 Å². The molecule has 0 amide bonds. The van der Waals surface area contributed by atoms with Gasteiger partial charge in [0.1, 0.15) is 0 Å². The minimum atomic E-state index is -0.0338. The number of nitrogens with zero attached hydrogens (tertiary/aromatic N) is 1. The Balaban J connectivity index is 2.02. The lowest BCUT2D eigenvalue weighted by atomic mass is 9.78. The predicted molar refractivity (Wildman–Crippen MR) is 85.0 cm³/mol. The average molecular weight is 281 g/mol. The Bertz CT molecular complexity index is 777. The van der Waals surface area contributed by atoms with E-state index in [-0.39, 0.29) is 11.5 Å². The fourth-order valence-electron chi connectivity index (χ4n) is 3.97. The fraction of sp³-hybridized carbons (Fsp3) is 0.389. The standard InChI is InChI=1S/C18H19NO2/c1-2-4-13-11-5-3-6-12-16-10(7-8-15(20)18(16)21)9-14(19-13)17(11)12/h7-9,11,20-21H,2-6H2,1H3. The molecule has 1 unspecified atom stereocenters. The molecule has 4 rings (SSSR count). The molecule has 1 aliphatic heterocycles. The van der Waals surface area contributed by atoms with Crippen molar-refractivity contribution in [2.24, 2.45) is 4.99 Å². The Labute approximate surface area is 124 Å². The Morgan fingerprint density at radius 1 is 1.29 bits per heavy atom. The van der Waals surface area contributed by atoms with Crippen LogP contribution in [0.4, 0.5) is 5.69 Å². The summed E-state index contributed by atoms with van der Waals surface area (Å²) in [6, 6.07) is 5.50. The molecule has 0 bridgehead atoms. The summed E-state index contributed by atoms with van der Waals surface area (Å²) < 4.78 is 0. The first-order chi connectivity index (χ1) is 10.2. The van der Waals surface area contributed by atoms with E-state index < -0.39 is 0 Å². The molecule has 0 saturated heterocycles. The second-order valence-electron chi connectivity index (χ2n) is 6.12. The largest absolute Gasteiger partial charge is 0.504 e. The second-order valence-corrected chi connectivity index (χ2v) is 6.12. The molecule has 1 atom stereocenters. The van der Waals surface area contributed by atoms with Crippen LogP contribution >= 0.6 is 0 Å². The fourth-order valence-corrected chi connectivity index (χ4v) is 3.97. The number of hydrogen-bond donors (Lipinski definition) is 2. The van der Waals surface area contributed by atoms with Crippen LogP contribution in [0.3, 0.4) is 0 Å². The summed E-state index contributed by atoms with van der Waals surface area (Å²) in [6.07, 6.45) is 5.40. The lowest BCUT2D eigenvalue weighted by Gasteiger charge is -2.24. The van der Waals surface area contributed by atoms with E-state index in [0.717, 1.165) is 48.6 Å². The number of fused-ring (bicyclic) bond motifs is 2. The van der Waals surface area contributed by atoms with Gasteiger partial charge in [0.2, 0.25) is 0 Å². The summed E-state index contributed by atoms with van der Waals surface area (Å²) in [6.45, 7) is 2.19. The average Bonchev–Trinajstić information content (AvgIpc) is 2.83. The van der Waals surface area contributed by atoms with Crippen molar-refractivity contribution in [2.45, 2.75) is 44.9 Å². The zero-order valence-electron chi connectivity index (χ0n) is 12.2. The molecule has 2 aromatic rings. The van der Waals surface area contributed by atoms with Crippen molar-refractivity contribution in [2.75, 3.05) is 0 Å². The number of hydrogen-bond acceptors (Lipinski definition) is 3. The summed E-state index contributed by atoms with van der Waals surface area (Å²) >= 11 is 0. The van der Waals surface area contributed by atoms with Crippen molar-refractivity contribution in [3.05, 3.63) is 29.3 Å². The van der Waals surface area contributed by atoms with Crippen LogP contribution in [0.5, 0.6) is 11.5 Å². The molecule has 0 saturated carbocycles. The highest BCUT2D eigenvalue weighted by atomic mass is 16.3. The molecule has 0 radical (unpaired) electrons. The number of rotatable bonds is 2. The summed E-state index contributed by atoms with van der Waals surface area (Å²) in [7, 11) is 0. The van der Waals surface area contributed by atoms with Crippen LogP contribution in [0.1, 0.15) is 49.7 Å². The second kappa shape index (κ2) is 4.48. The maximum atomic E-state index is 10.3. The van der Waals surface area contributed by atoms with Crippen LogP contribution in [0.15, 0.2) is 23.2 Å². The van der Waals surface area contributed by atoms with Gasteiger partial charge in [-0.1, -0.05) is 19.4 Å². The summed E-state index contributed by atoms with van der Waals surface area (Å²) in [5.74, 6) is 0.415. The van der Waals surface area contributed by atoms with Crippen molar-refractivity contribution >= 4 is 22.2 Å². The van der Waals surface area contributed by atoms with Gasteiger partial charge in [-0.25, -0.2) is 0 Å². The van der Waals surface area contributed by atoms with E-state index in [4.69, 9.17) is 4.99 Å². The molecule has 21 heavy (non-hydrogen) atoms. The Hall–Kier alpha value is -2.03. The van der Waals surface area contributed by atoms with Crippen LogP contribution < -0.4 is 0 Å². The molecule has 1 heterocycles. The first kappa shape index (κ1) is 12.7. The third-order valence-corrected chi connectivity index (χ3v) is 4.82. The predicted octanol–water partition coefficient (Wildman–Crippen LogP) is 4.56. The third kappa shape index (κ3) is 1.70. The van der Waals surface area contributed by atoms with Crippen molar-refractivity contribution in [1.82, 2.24) is 0 Å². The third-order valence-electron chi connectivity index (χ3n) is 4.82. The number of aliphatic imine (C=N–C) groups is 1. The molecule has 0 aromatic heterocycles. The number of benzene rings is 2. The lowest BCUT2D eigenvalue weighted by Crippen LogP contribution is -2.14. The van der Waals surface area contributed by atoms with E-state index >= 15 is 0 Å². The minimum Gasteiger partial charge on any atom is -0.504 e. The van der Waals surface area contributed by atoms with Gasteiger partial charge in [0, 0.05) is 17.0 Å². The maximum Gasteiger partial charge on any atom is 0.165 e. The van der Waals surface area contributed by atoms with Gasteiger partial charge in [-0.2, -0.15) is 0 Å².